The van der Waals surface area contributed by atoms with Crippen molar-refractivity contribution in [2.75, 3.05) is 19.8 Å². The van der Waals surface area contributed by atoms with Crippen LogP contribution in [0.5, 0.6) is 0 Å². The molecular formula is C10H17NO4. The van der Waals surface area contributed by atoms with E-state index >= 15 is 0 Å². The van der Waals surface area contributed by atoms with Crippen molar-refractivity contribution >= 4 is 12.0 Å². The second-order valence-electron chi connectivity index (χ2n) is 4.43. The summed E-state index contributed by atoms with van der Waals surface area (Å²) in [5.74, 6) is -0.332. The van der Waals surface area contributed by atoms with Crippen LogP contribution < -0.4 is 0 Å². The van der Waals surface area contributed by atoms with Crippen molar-refractivity contribution in [3.63, 3.8) is 0 Å². The highest BCUT2D eigenvalue weighted by Crippen LogP contribution is 2.11. The van der Waals surface area contributed by atoms with Crippen LogP contribution in [0.1, 0.15) is 27.2 Å². The molecule has 0 aliphatic carbocycles. The monoisotopic (exact) mass is 215 g/mol. The SMILES string of the molecule is CC(C)(C)OC(=O)N1CCCOCC1=O. The Kier molecular flexibility index (Phi) is 3.68. The highest BCUT2D eigenvalue weighted by molar-refractivity contribution is 5.92. The first-order chi connectivity index (χ1) is 6.90. The minimum Gasteiger partial charge on any atom is -0.443 e. The summed E-state index contributed by atoms with van der Waals surface area (Å²) in [4.78, 5) is 24.2. The van der Waals surface area contributed by atoms with Gasteiger partial charge in [0.2, 0.25) is 0 Å². The first-order valence-electron chi connectivity index (χ1n) is 5.01. The summed E-state index contributed by atoms with van der Waals surface area (Å²) in [5.41, 5.74) is -0.579. The molecule has 0 spiro atoms. The van der Waals surface area contributed by atoms with Gasteiger partial charge >= 0.3 is 6.09 Å². The molecule has 0 aromatic rings. The molecule has 86 valence electrons. The van der Waals surface area contributed by atoms with Gasteiger partial charge in [0.1, 0.15) is 12.2 Å². The minimum atomic E-state index is -0.585. The van der Waals surface area contributed by atoms with Crippen molar-refractivity contribution < 1.29 is 19.1 Å². The molecule has 0 radical (unpaired) electrons. The van der Waals surface area contributed by atoms with Gasteiger partial charge in [0.15, 0.2) is 0 Å². The molecule has 1 fully saturated rings. The van der Waals surface area contributed by atoms with Gasteiger partial charge in [-0.15, -0.1) is 0 Å². The van der Waals surface area contributed by atoms with Crippen LogP contribution in [0.4, 0.5) is 4.79 Å². The van der Waals surface area contributed by atoms with E-state index in [1.165, 1.54) is 0 Å². The Morgan fingerprint density at radius 2 is 2.13 bits per heavy atom. The van der Waals surface area contributed by atoms with Gasteiger partial charge in [0.05, 0.1) is 0 Å². The molecule has 1 rings (SSSR count). The van der Waals surface area contributed by atoms with Gasteiger partial charge in [-0.25, -0.2) is 9.69 Å². The second kappa shape index (κ2) is 4.61. The molecule has 0 saturated carbocycles. The lowest BCUT2D eigenvalue weighted by molar-refractivity contribution is -0.132. The molecule has 1 heterocycles. The lowest BCUT2D eigenvalue weighted by atomic mass is 10.2. The predicted octanol–water partition coefficient (Wildman–Crippen LogP) is 1.17. The van der Waals surface area contributed by atoms with Gasteiger partial charge in [0, 0.05) is 13.2 Å². The molecule has 0 aromatic carbocycles. The quantitative estimate of drug-likeness (QED) is 0.608. The molecule has 0 N–H and O–H groups in total. The van der Waals surface area contributed by atoms with Crippen LogP contribution in [0, 0.1) is 0 Å². The summed E-state index contributed by atoms with van der Waals surface area (Å²) in [6, 6.07) is 0. The number of hydrogen-bond donors (Lipinski definition) is 0. The molecule has 15 heavy (non-hydrogen) atoms. The molecule has 5 nitrogen and oxygen atoms in total. The number of rotatable bonds is 0. The average Bonchev–Trinajstić information content (AvgIpc) is 2.26. The Morgan fingerprint density at radius 3 is 2.73 bits per heavy atom. The fourth-order valence-corrected chi connectivity index (χ4v) is 1.20. The lowest BCUT2D eigenvalue weighted by Gasteiger charge is -2.24. The van der Waals surface area contributed by atoms with E-state index in [2.05, 4.69) is 0 Å². The van der Waals surface area contributed by atoms with E-state index in [1.54, 1.807) is 20.8 Å². The number of carbonyl (C=O) groups excluding carboxylic acids is 2. The maximum absolute atomic E-state index is 11.6. The van der Waals surface area contributed by atoms with Gasteiger partial charge < -0.3 is 9.47 Å². The van der Waals surface area contributed by atoms with Gasteiger partial charge in [-0.3, -0.25) is 4.79 Å². The van der Waals surface area contributed by atoms with Crippen molar-refractivity contribution in [1.82, 2.24) is 4.90 Å². The second-order valence-corrected chi connectivity index (χ2v) is 4.43. The Labute approximate surface area is 89.3 Å². The zero-order valence-corrected chi connectivity index (χ0v) is 9.41. The van der Waals surface area contributed by atoms with Crippen LogP contribution in [0.15, 0.2) is 0 Å². The third-order valence-corrected chi connectivity index (χ3v) is 1.81. The molecular weight excluding hydrogens is 198 g/mol. The van der Waals surface area contributed by atoms with Crippen molar-refractivity contribution in [3.8, 4) is 0 Å². The number of ether oxygens (including phenoxy) is 2. The van der Waals surface area contributed by atoms with Crippen molar-refractivity contribution in [3.05, 3.63) is 0 Å². The summed E-state index contributed by atoms with van der Waals surface area (Å²) in [6.07, 6.45) is 0.0725. The van der Waals surface area contributed by atoms with E-state index in [0.29, 0.717) is 19.6 Å². The Hall–Kier alpha value is -1.10. The molecule has 1 aliphatic heterocycles. The van der Waals surface area contributed by atoms with Gasteiger partial charge in [-0.1, -0.05) is 0 Å². The fraction of sp³-hybridized carbons (Fsp3) is 0.800. The van der Waals surface area contributed by atoms with Crippen LogP contribution in [0.25, 0.3) is 0 Å². The van der Waals surface area contributed by atoms with Crippen LogP contribution in [0.2, 0.25) is 0 Å². The maximum atomic E-state index is 11.6. The van der Waals surface area contributed by atoms with E-state index in [4.69, 9.17) is 9.47 Å². The molecule has 0 unspecified atom stereocenters. The van der Waals surface area contributed by atoms with E-state index in [-0.39, 0.29) is 12.5 Å². The molecule has 2 amide bonds. The molecule has 0 bridgehead atoms. The normalized spacial score (nSPS) is 18.6. The summed E-state index contributed by atoms with van der Waals surface area (Å²) in [7, 11) is 0. The summed E-state index contributed by atoms with van der Waals surface area (Å²) in [5, 5.41) is 0. The topological polar surface area (TPSA) is 55.8 Å². The zero-order valence-electron chi connectivity index (χ0n) is 9.41. The summed E-state index contributed by atoms with van der Waals surface area (Å²) >= 11 is 0. The zero-order chi connectivity index (χ0) is 11.5. The predicted molar refractivity (Wildman–Crippen MR) is 53.4 cm³/mol. The number of nitrogens with zero attached hydrogens (tertiary/aromatic N) is 1. The van der Waals surface area contributed by atoms with Crippen LogP contribution in [-0.2, 0) is 14.3 Å². The van der Waals surface area contributed by atoms with E-state index < -0.39 is 11.7 Å². The number of hydrogen-bond acceptors (Lipinski definition) is 4. The molecule has 0 atom stereocenters. The Balaban J connectivity index is 2.60. The number of carbonyl (C=O) groups is 2. The average molecular weight is 215 g/mol. The third kappa shape index (κ3) is 3.87. The number of imide groups is 1. The van der Waals surface area contributed by atoms with Crippen molar-refractivity contribution in [1.29, 1.82) is 0 Å². The summed E-state index contributed by atoms with van der Waals surface area (Å²) in [6.45, 7) is 6.13. The lowest BCUT2D eigenvalue weighted by Crippen LogP contribution is -2.41. The van der Waals surface area contributed by atoms with Gasteiger partial charge in [0.25, 0.3) is 5.91 Å². The highest BCUT2D eigenvalue weighted by atomic mass is 16.6. The first kappa shape index (κ1) is 12.0. The van der Waals surface area contributed by atoms with Crippen molar-refractivity contribution in [2.45, 2.75) is 32.8 Å². The maximum Gasteiger partial charge on any atom is 0.417 e. The minimum absolute atomic E-state index is 0.0424. The third-order valence-electron chi connectivity index (χ3n) is 1.81. The van der Waals surface area contributed by atoms with Crippen LogP contribution in [-0.4, -0.2) is 42.3 Å². The van der Waals surface area contributed by atoms with E-state index in [0.717, 1.165) is 4.90 Å². The van der Waals surface area contributed by atoms with Gasteiger partial charge in [-0.05, 0) is 27.2 Å². The smallest absolute Gasteiger partial charge is 0.417 e. The van der Waals surface area contributed by atoms with Crippen molar-refractivity contribution in [2.24, 2.45) is 0 Å². The summed E-state index contributed by atoms with van der Waals surface area (Å²) < 4.78 is 10.1. The van der Waals surface area contributed by atoms with E-state index in [1.807, 2.05) is 0 Å². The van der Waals surface area contributed by atoms with Gasteiger partial charge in [-0.2, -0.15) is 0 Å². The van der Waals surface area contributed by atoms with E-state index in [9.17, 15) is 9.59 Å². The fourth-order valence-electron chi connectivity index (χ4n) is 1.20. The molecule has 0 aromatic heterocycles. The Morgan fingerprint density at radius 1 is 1.47 bits per heavy atom. The highest BCUT2D eigenvalue weighted by Gasteiger charge is 2.28. The molecule has 5 heteroatoms. The first-order valence-corrected chi connectivity index (χ1v) is 5.01. The molecule has 1 saturated heterocycles. The van der Waals surface area contributed by atoms with Crippen LogP contribution in [0.3, 0.4) is 0 Å². The number of amides is 2. The Bertz CT molecular complexity index is 257. The molecule has 1 aliphatic rings. The standard InChI is InChI=1S/C10H17NO4/c1-10(2,3)15-9(13)11-5-4-6-14-7-8(11)12/h4-7H2,1-3H3. The largest absolute Gasteiger partial charge is 0.443 e. The van der Waals surface area contributed by atoms with Crippen LogP contribution >= 0.6 is 0 Å².